The molecule has 0 radical (unpaired) electrons. The molecule has 0 fully saturated rings. The van der Waals surface area contributed by atoms with Crippen LogP contribution >= 0.6 is 0 Å². The molecule has 1 aromatic carbocycles. The molecule has 1 N–H and O–H groups in total. The zero-order valence-corrected chi connectivity index (χ0v) is 13.9. The van der Waals surface area contributed by atoms with Crippen LogP contribution in [0.15, 0.2) is 30.3 Å². The maximum Gasteiger partial charge on any atom is 0.455 e. The first kappa shape index (κ1) is 21.1. The van der Waals surface area contributed by atoms with E-state index in [1.807, 2.05) is 49.2 Å². The van der Waals surface area contributed by atoms with Crippen molar-refractivity contribution in [3.05, 3.63) is 30.3 Å². The predicted octanol–water partition coefficient (Wildman–Crippen LogP) is 3.23. The Labute approximate surface area is 142 Å². The first-order valence-electron chi connectivity index (χ1n) is 7.61. The van der Waals surface area contributed by atoms with Crippen LogP contribution in [-0.4, -0.2) is 50.9 Å². The molecule has 1 amide bonds. The van der Waals surface area contributed by atoms with Gasteiger partial charge in [-0.25, -0.2) is 0 Å². The number of amides is 1. The van der Waals surface area contributed by atoms with E-state index in [2.05, 4.69) is 10.1 Å². The number of rotatable bonds is 9. The van der Waals surface area contributed by atoms with Gasteiger partial charge in [0.2, 0.25) is 5.91 Å². The number of para-hydroxylation sites is 1. The van der Waals surface area contributed by atoms with Crippen molar-refractivity contribution in [1.29, 1.82) is 0 Å². The molecular weight excluding hydrogens is 347 g/mol. The van der Waals surface area contributed by atoms with Gasteiger partial charge >= 0.3 is 12.1 Å². The maximum atomic E-state index is 12.6. The molecule has 1 atom stereocenters. The van der Waals surface area contributed by atoms with Gasteiger partial charge in [0.25, 0.3) is 0 Å². The number of nitrogens with one attached hydrogen (secondary N) is 1. The zero-order chi connectivity index (χ0) is 19.1. The van der Waals surface area contributed by atoms with Gasteiger partial charge in [0.1, 0.15) is 6.61 Å². The van der Waals surface area contributed by atoms with Crippen molar-refractivity contribution >= 4 is 11.6 Å². The van der Waals surface area contributed by atoms with Crippen LogP contribution in [0.5, 0.6) is 0 Å². The molecule has 0 saturated heterocycles. The molecule has 0 saturated carbocycles. The number of likely N-dealkylation sites (N-methyl/N-ethyl adjacent to an activating group) is 1. The fourth-order valence-corrected chi connectivity index (χ4v) is 1.85. The number of carbonyl (C=O) groups excluding carboxylic acids is 1. The SMILES string of the molecule is C[C@H](CNC(=O)CCOCC(F)(F)C(F)(F)F)N(C)c1ccccc1. The van der Waals surface area contributed by atoms with E-state index in [1.54, 1.807) is 0 Å². The predicted molar refractivity (Wildman–Crippen MR) is 83.8 cm³/mol. The second-order valence-electron chi connectivity index (χ2n) is 5.60. The van der Waals surface area contributed by atoms with Crippen LogP contribution < -0.4 is 10.2 Å². The van der Waals surface area contributed by atoms with E-state index in [-0.39, 0.29) is 12.5 Å². The molecule has 0 bridgehead atoms. The van der Waals surface area contributed by atoms with Crippen molar-refractivity contribution in [1.82, 2.24) is 5.32 Å². The zero-order valence-electron chi connectivity index (χ0n) is 13.9. The van der Waals surface area contributed by atoms with Crippen molar-refractivity contribution in [3.8, 4) is 0 Å². The fourth-order valence-electron chi connectivity index (χ4n) is 1.85. The van der Waals surface area contributed by atoms with Crippen LogP contribution in [0.2, 0.25) is 0 Å². The summed E-state index contributed by atoms with van der Waals surface area (Å²) in [6.45, 7) is -0.131. The summed E-state index contributed by atoms with van der Waals surface area (Å²) in [6, 6.07) is 9.42. The Kier molecular flexibility index (Phi) is 7.60. The first-order valence-corrected chi connectivity index (χ1v) is 7.61. The molecule has 0 aliphatic carbocycles. The Bertz CT molecular complexity index is 537. The minimum absolute atomic E-state index is 0.0400. The van der Waals surface area contributed by atoms with Gasteiger partial charge in [0.05, 0.1) is 6.61 Å². The average molecular weight is 368 g/mol. The normalized spacial score (nSPS) is 13.4. The Morgan fingerprint density at radius 2 is 1.80 bits per heavy atom. The number of benzene rings is 1. The molecule has 0 unspecified atom stereocenters. The average Bonchev–Trinajstić information content (AvgIpc) is 2.55. The fraction of sp³-hybridized carbons (Fsp3) is 0.562. The van der Waals surface area contributed by atoms with Crippen molar-refractivity contribution < 1.29 is 31.5 Å². The summed E-state index contributed by atoms with van der Waals surface area (Å²) in [6.07, 6.45) is -5.96. The highest BCUT2D eigenvalue weighted by molar-refractivity contribution is 5.76. The van der Waals surface area contributed by atoms with E-state index >= 15 is 0 Å². The molecular formula is C16H21F5N2O2. The van der Waals surface area contributed by atoms with Crippen molar-refractivity contribution in [2.45, 2.75) is 31.5 Å². The summed E-state index contributed by atoms with van der Waals surface area (Å²) < 4.78 is 65.3. The summed E-state index contributed by atoms with van der Waals surface area (Å²) >= 11 is 0. The van der Waals surface area contributed by atoms with Crippen LogP contribution in [0.3, 0.4) is 0 Å². The van der Waals surface area contributed by atoms with Crippen LogP contribution in [0.1, 0.15) is 13.3 Å². The molecule has 0 aromatic heterocycles. The maximum absolute atomic E-state index is 12.6. The molecule has 1 aromatic rings. The van der Waals surface area contributed by atoms with Crippen LogP contribution in [0, 0.1) is 0 Å². The van der Waals surface area contributed by atoms with Gasteiger partial charge in [-0.05, 0) is 19.1 Å². The molecule has 0 aliphatic rings. The van der Waals surface area contributed by atoms with E-state index in [0.717, 1.165) is 5.69 Å². The molecule has 1 rings (SSSR count). The number of alkyl halides is 5. The quantitative estimate of drug-likeness (QED) is 0.538. The van der Waals surface area contributed by atoms with E-state index in [4.69, 9.17) is 0 Å². The summed E-state index contributed by atoms with van der Waals surface area (Å²) in [5.41, 5.74) is 0.960. The van der Waals surface area contributed by atoms with Crippen LogP contribution in [0.4, 0.5) is 27.6 Å². The van der Waals surface area contributed by atoms with Crippen molar-refractivity contribution in [2.75, 3.05) is 31.7 Å². The number of ether oxygens (including phenoxy) is 1. The van der Waals surface area contributed by atoms with Gasteiger partial charge in [-0.1, -0.05) is 18.2 Å². The number of carbonyl (C=O) groups is 1. The number of halogens is 5. The lowest BCUT2D eigenvalue weighted by Gasteiger charge is -2.27. The lowest BCUT2D eigenvalue weighted by Crippen LogP contribution is -2.41. The summed E-state index contributed by atoms with van der Waals surface area (Å²) in [5, 5.41) is 2.59. The number of nitrogens with zero attached hydrogens (tertiary/aromatic N) is 1. The molecule has 0 heterocycles. The third-order valence-corrected chi connectivity index (χ3v) is 3.59. The molecule has 0 spiro atoms. The van der Waals surface area contributed by atoms with E-state index in [9.17, 15) is 26.7 Å². The summed E-state index contributed by atoms with van der Waals surface area (Å²) in [4.78, 5) is 13.6. The monoisotopic (exact) mass is 368 g/mol. The van der Waals surface area contributed by atoms with Gasteiger partial charge in [-0.2, -0.15) is 22.0 Å². The molecule has 142 valence electrons. The van der Waals surface area contributed by atoms with Crippen LogP contribution in [-0.2, 0) is 9.53 Å². The van der Waals surface area contributed by atoms with Crippen molar-refractivity contribution in [2.24, 2.45) is 0 Å². The summed E-state index contributed by atoms with van der Waals surface area (Å²) in [5.74, 6) is -5.40. The molecule has 4 nitrogen and oxygen atoms in total. The number of hydrogen-bond acceptors (Lipinski definition) is 3. The highest BCUT2D eigenvalue weighted by Crippen LogP contribution is 2.35. The van der Waals surface area contributed by atoms with Gasteiger partial charge in [-0.15, -0.1) is 0 Å². The highest BCUT2D eigenvalue weighted by atomic mass is 19.4. The van der Waals surface area contributed by atoms with Gasteiger partial charge in [0.15, 0.2) is 0 Å². The Hall–Kier alpha value is -1.90. The Balaban J connectivity index is 2.27. The van der Waals surface area contributed by atoms with Crippen molar-refractivity contribution in [3.63, 3.8) is 0 Å². The lowest BCUT2D eigenvalue weighted by molar-refractivity contribution is -0.296. The highest BCUT2D eigenvalue weighted by Gasteiger charge is 2.57. The second kappa shape index (κ2) is 8.98. The molecule has 9 heteroatoms. The first-order chi connectivity index (χ1) is 11.5. The minimum Gasteiger partial charge on any atom is -0.374 e. The van der Waals surface area contributed by atoms with E-state index < -0.39 is 31.2 Å². The third kappa shape index (κ3) is 6.85. The second-order valence-corrected chi connectivity index (χ2v) is 5.60. The Morgan fingerprint density at radius 1 is 1.20 bits per heavy atom. The number of anilines is 1. The third-order valence-electron chi connectivity index (χ3n) is 3.59. The van der Waals surface area contributed by atoms with Crippen LogP contribution in [0.25, 0.3) is 0 Å². The van der Waals surface area contributed by atoms with E-state index in [0.29, 0.717) is 6.54 Å². The topological polar surface area (TPSA) is 41.6 Å². The van der Waals surface area contributed by atoms with Gasteiger partial charge in [-0.3, -0.25) is 4.79 Å². The molecule has 0 aliphatic heterocycles. The number of hydrogen-bond donors (Lipinski definition) is 1. The Morgan fingerprint density at radius 3 is 2.36 bits per heavy atom. The van der Waals surface area contributed by atoms with Gasteiger partial charge < -0.3 is 15.0 Å². The minimum atomic E-state index is -5.66. The smallest absolute Gasteiger partial charge is 0.374 e. The standard InChI is InChI=1S/C16H21F5N2O2/c1-12(23(2)13-6-4-3-5-7-13)10-22-14(24)8-9-25-11-15(17,18)16(19,20)21/h3-7,12H,8-11H2,1-2H3,(H,22,24)/t12-/m1/s1. The lowest BCUT2D eigenvalue weighted by atomic mass is 10.2. The van der Waals surface area contributed by atoms with E-state index in [1.165, 1.54) is 0 Å². The van der Waals surface area contributed by atoms with Gasteiger partial charge in [0, 0.05) is 31.7 Å². The largest absolute Gasteiger partial charge is 0.455 e. The summed E-state index contributed by atoms with van der Waals surface area (Å²) in [7, 11) is 1.86. The molecule has 25 heavy (non-hydrogen) atoms.